The highest BCUT2D eigenvalue weighted by molar-refractivity contribution is 7.90. The molecule has 0 fully saturated rings. The smallest absolute Gasteiger partial charge is 0.325 e. The first-order valence-electron chi connectivity index (χ1n) is 4.32. The van der Waals surface area contributed by atoms with E-state index in [9.17, 15) is 18.0 Å². The number of nitrogens with zero attached hydrogens (tertiary/aromatic N) is 1. The van der Waals surface area contributed by atoms with Crippen LogP contribution in [-0.4, -0.2) is 32.3 Å². The predicted molar refractivity (Wildman–Crippen MR) is 55.8 cm³/mol. The Morgan fingerprint density at radius 1 is 1.50 bits per heavy atom. The summed E-state index contributed by atoms with van der Waals surface area (Å²) in [6, 6.07) is 2.23. The molecular weight excluding hydrogens is 234 g/mol. The fourth-order valence-electron chi connectivity index (χ4n) is 1.05. The molecule has 0 saturated heterocycles. The van der Waals surface area contributed by atoms with E-state index in [2.05, 4.69) is 4.74 Å². The van der Waals surface area contributed by atoms with Crippen LogP contribution in [0.4, 0.5) is 0 Å². The van der Waals surface area contributed by atoms with Gasteiger partial charge >= 0.3 is 5.97 Å². The van der Waals surface area contributed by atoms with Gasteiger partial charge in [-0.15, -0.1) is 0 Å². The molecule has 1 aromatic heterocycles. The van der Waals surface area contributed by atoms with E-state index in [0.717, 1.165) is 16.9 Å². The molecule has 0 saturated carbocycles. The van der Waals surface area contributed by atoms with Crippen LogP contribution >= 0.6 is 0 Å². The van der Waals surface area contributed by atoms with Gasteiger partial charge in [0, 0.05) is 18.5 Å². The first-order valence-corrected chi connectivity index (χ1v) is 6.21. The summed E-state index contributed by atoms with van der Waals surface area (Å²) in [5, 5.41) is 0. The second kappa shape index (κ2) is 4.48. The minimum atomic E-state index is -3.41. The zero-order chi connectivity index (χ0) is 12.3. The molecular formula is C9H11NO5S. The van der Waals surface area contributed by atoms with Crippen molar-refractivity contribution >= 4 is 15.8 Å². The van der Waals surface area contributed by atoms with Crippen LogP contribution in [0.3, 0.4) is 0 Å². The van der Waals surface area contributed by atoms with Gasteiger partial charge in [0.15, 0.2) is 9.84 Å². The molecule has 0 amide bonds. The molecule has 0 atom stereocenters. The monoisotopic (exact) mass is 245 g/mol. The van der Waals surface area contributed by atoms with Gasteiger partial charge in [-0.05, 0) is 6.07 Å². The van der Waals surface area contributed by atoms with E-state index in [-0.39, 0.29) is 11.4 Å². The van der Waals surface area contributed by atoms with Gasteiger partial charge in [0.25, 0.3) is 5.56 Å². The van der Waals surface area contributed by atoms with Gasteiger partial charge in [-0.1, -0.05) is 0 Å². The van der Waals surface area contributed by atoms with Crippen LogP contribution in [0.2, 0.25) is 0 Å². The van der Waals surface area contributed by atoms with Crippen LogP contribution < -0.4 is 5.56 Å². The van der Waals surface area contributed by atoms with Gasteiger partial charge in [0.1, 0.15) is 6.54 Å². The largest absolute Gasteiger partial charge is 0.468 e. The summed E-state index contributed by atoms with van der Waals surface area (Å²) in [6.07, 6.45) is 2.25. The van der Waals surface area contributed by atoms with Crippen molar-refractivity contribution in [3.63, 3.8) is 0 Å². The number of sulfone groups is 1. The highest BCUT2D eigenvalue weighted by Gasteiger charge is 2.10. The maximum atomic E-state index is 11.4. The first kappa shape index (κ1) is 12.4. The van der Waals surface area contributed by atoms with Crippen LogP contribution in [0.1, 0.15) is 0 Å². The van der Waals surface area contributed by atoms with Crippen LogP contribution in [0.15, 0.2) is 28.0 Å². The number of carbonyl (C=O) groups excluding carboxylic acids is 1. The van der Waals surface area contributed by atoms with E-state index in [1.807, 2.05) is 0 Å². The number of carbonyl (C=O) groups is 1. The number of methoxy groups -OCH3 is 1. The zero-order valence-corrected chi connectivity index (χ0v) is 9.65. The van der Waals surface area contributed by atoms with Crippen molar-refractivity contribution in [3.05, 3.63) is 28.7 Å². The third-order valence-corrected chi connectivity index (χ3v) is 3.03. The second-order valence-corrected chi connectivity index (χ2v) is 5.19. The van der Waals surface area contributed by atoms with Crippen molar-refractivity contribution in [3.8, 4) is 0 Å². The topological polar surface area (TPSA) is 82.4 Å². The number of aromatic nitrogens is 1. The summed E-state index contributed by atoms with van der Waals surface area (Å²) in [4.78, 5) is 22.3. The van der Waals surface area contributed by atoms with Crippen molar-refractivity contribution < 1.29 is 17.9 Å². The molecule has 0 unspecified atom stereocenters. The molecule has 0 aliphatic rings. The molecule has 1 heterocycles. The minimum absolute atomic E-state index is 0.0707. The van der Waals surface area contributed by atoms with Crippen molar-refractivity contribution in [1.29, 1.82) is 0 Å². The van der Waals surface area contributed by atoms with E-state index in [1.54, 1.807) is 0 Å². The Bertz CT molecular complexity index is 558. The lowest BCUT2D eigenvalue weighted by Gasteiger charge is -2.04. The highest BCUT2D eigenvalue weighted by Crippen LogP contribution is 2.03. The van der Waals surface area contributed by atoms with Crippen molar-refractivity contribution in [1.82, 2.24) is 4.57 Å². The highest BCUT2D eigenvalue weighted by atomic mass is 32.2. The number of esters is 1. The molecule has 16 heavy (non-hydrogen) atoms. The maximum absolute atomic E-state index is 11.4. The summed E-state index contributed by atoms with van der Waals surface area (Å²) in [5.41, 5.74) is -0.562. The Kier molecular flexibility index (Phi) is 3.48. The van der Waals surface area contributed by atoms with Crippen molar-refractivity contribution in [2.24, 2.45) is 0 Å². The normalized spacial score (nSPS) is 11.1. The molecule has 0 spiro atoms. The molecule has 0 bridgehead atoms. The molecule has 1 aromatic rings. The van der Waals surface area contributed by atoms with Crippen molar-refractivity contribution in [2.75, 3.05) is 13.4 Å². The van der Waals surface area contributed by atoms with Crippen LogP contribution in [0.25, 0.3) is 0 Å². The van der Waals surface area contributed by atoms with Gasteiger partial charge in [-0.3, -0.25) is 9.59 Å². The van der Waals surface area contributed by atoms with Gasteiger partial charge in [0.2, 0.25) is 0 Å². The number of pyridine rings is 1. The second-order valence-electron chi connectivity index (χ2n) is 3.18. The SMILES string of the molecule is COC(=O)Cn1ccc(S(C)(=O)=O)cc1=O. The van der Waals surface area contributed by atoms with Gasteiger partial charge in [0.05, 0.1) is 12.0 Å². The van der Waals surface area contributed by atoms with Crippen LogP contribution in [0.5, 0.6) is 0 Å². The van der Waals surface area contributed by atoms with Crippen LogP contribution in [-0.2, 0) is 25.9 Å². The molecule has 7 heteroatoms. The fraction of sp³-hybridized carbons (Fsp3) is 0.333. The Labute approximate surface area is 92.4 Å². The molecule has 1 rings (SSSR count). The Balaban J connectivity index is 3.11. The summed E-state index contributed by atoms with van der Waals surface area (Å²) in [5.74, 6) is -0.575. The van der Waals surface area contributed by atoms with E-state index in [0.29, 0.717) is 0 Å². The summed E-state index contributed by atoms with van der Waals surface area (Å²) in [6.45, 7) is -0.237. The molecule has 0 radical (unpaired) electrons. The molecule has 0 aromatic carbocycles. The van der Waals surface area contributed by atoms with E-state index in [1.165, 1.54) is 19.4 Å². The fourth-order valence-corrected chi connectivity index (χ4v) is 1.68. The van der Waals surface area contributed by atoms with E-state index >= 15 is 0 Å². The minimum Gasteiger partial charge on any atom is -0.468 e. The maximum Gasteiger partial charge on any atom is 0.325 e. The van der Waals surface area contributed by atoms with Crippen molar-refractivity contribution in [2.45, 2.75) is 11.4 Å². The number of hydrogen-bond acceptors (Lipinski definition) is 5. The molecule has 0 aliphatic carbocycles. The van der Waals surface area contributed by atoms with Crippen LogP contribution in [0, 0.1) is 0 Å². The van der Waals surface area contributed by atoms with Gasteiger partial charge < -0.3 is 9.30 Å². The zero-order valence-electron chi connectivity index (χ0n) is 8.84. The lowest BCUT2D eigenvalue weighted by molar-refractivity contribution is -0.141. The number of rotatable bonds is 3. The van der Waals surface area contributed by atoms with Gasteiger partial charge in [-0.2, -0.15) is 0 Å². The standard InChI is InChI=1S/C9H11NO5S/c1-15-9(12)6-10-4-3-7(5-8(10)11)16(2,13)14/h3-5H,6H2,1-2H3. The Hall–Kier alpha value is -1.63. The first-order chi connectivity index (χ1) is 7.34. The van der Waals surface area contributed by atoms with E-state index < -0.39 is 21.4 Å². The molecule has 0 N–H and O–H groups in total. The number of hydrogen-bond donors (Lipinski definition) is 0. The third-order valence-electron chi connectivity index (χ3n) is 1.92. The number of ether oxygens (including phenoxy) is 1. The third kappa shape index (κ3) is 2.93. The Morgan fingerprint density at radius 3 is 2.56 bits per heavy atom. The average Bonchev–Trinajstić information content (AvgIpc) is 2.19. The molecule has 0 aliphatic heterocycles. The summed E-state index contributed by atoms with van der Waals surface area (Å²) < 4.78 is 27.7. The lowest BCUT2D eigenvalue weighted by Crippen LogP contribution is -2.24. The predicted octanol–water partition coefficient (Wildman–Crippen LogP) is -0.575. The summed E-state index contributed by atoms with van der Waals surface area (Å²) in [7, 11) is -2.20. The summed E-state index contributed by atoms with van der Waals surface area (Å²) >= 11 is 0. The lowest BCUT2D eigenvalue weighted by atomic mass is 10.4. The average molecular weight is 245 g/mol. The quantitative estimate of drug-likeness (QED) is 0.666. The Morgan fingerprint density at radius 2 is 2.12 bits per heavy atom. The van der Waals surface area contributed by atoms with Gasteiger partial charge in [-0.25, -0.2) is 8.42 Å². The molecule has 6 nitrogen and oxygen atoms in total. The molecule has 88 valence electrons. The van der Waals surface area contributed by atoms with E-state index in [4.69, 9.17) is 0 Å².